The molecule has 2 heterocycles. The molecular formula is C18H27N3O. The van der Waals surface area contributed by atoms with Crippen LogP contribution >= 0.6 is 0 Å². The van der Waals surface area contributed by atoms with E-state index in [0.717, 1.165) is 39.1 Å². The quantitative estimate of drug-likeness (QED) is 0.918. The summed E-state index contributed by atoms with van der Waals surface area (Å²) in [6, 6.07) is 8.89. The van der Waals surface area contributed by atoms with Crippen molar-refractivity contribution in [1.29, 1.82) is 0 Å². The molecule has 0 bridgehead atoms. The van der Waals surface area contributed by atoms with Crippen LogP contribution in [0.4, 0.5) is 0 Å². The zero-order valence-electron chi connectivity index (χ0n) is 13.9. The third kappa shape index (κ3) is 3.19. The highest BCUT2D eigenvalue weighted by Crippen LogP contribution is 2.25. The molecule has 1 saturated heterocycles. The summed E-state index contributed by atoms with van der Waals surface area (Å²) in [7, 11) is 4.04. The molecule has 0 amide bonds. The Morgan fingerprint density at radius 2 is 2.09 bits per heavy atom. The second-order valence-corrected chi connectivity index (χ2v) is 6.92. The van der Waals surface area contributed by atoms with Crippen molar-refractivity contribution in [2.75, 3.05) is 33.7 Å². The molecule has 120 valence electrons. The zero-order valence-corrected chi connectivity index (χ0v) is 13.9. The fourth-order valence-electron chi connectivity index (χ4n) is 3.66. The van der Waals surface area contributed by atoms with Crippen LogP contribution in [0, 0.1) is 0 Å². The number of aromatic nitrogens is 1. The standard InChI is InChI=1S/C18H27N3O/c1-4-21-9-7-16-6-5-15(11-17(16)21)12-20-10-8-18(22,14-20)13-19(2)3/h5-7,9,11,22H,4,8,10,12-14H2,1-3H3/t18-/m1/s1. The first kappa shape index (κ1) is 15.5. The van der Waals surface area contributed by atoms with Crippen LogP contribution in [-0.2, 0) is 13.1 Å². The van der Waals surface area contributed by atoms with Crippen LogP contribution in [0.5, 0.6) is 0 Å². The third-order valence-electron chi connectivity index (χ3n) is 4.61. The molecule has 22 heavy (non-hydrogen) atoms. The number of hydrogen-bond acceptors (Lipinski definition) is 3. The van der Waals surface area contributed by atoms with Crippen LogP contribution in [0.2, 0.25) is 0 Å². The zero-order chi connectivity index (χ0) is 15.7. The van der Waals surface area contributed by atoms with E-state index in [9.17, 15) is 5.11 Å². The number of fused-ring (bicyclic) bond motifs is 1. The van der Waals surface area contributed by atoms with Gasteiger partial charge in [-0.3, -0.25) is 4.90 Å². The van der Waals surface area contributed by atoms with E-state index in [1.165, 1.54) is 16.5 Å². The number of likely N-dealkylation sites (tertiary alicyclic amines) is 1. The minimum Gasteiger partial charge on any atom is -0.387 e. The lowest BCUT2D eigenvalue weighted by molar-refractivity contribution is 0.0240. The Bertz CT molecular complexity index is 649. The molecule has 1 N–H and O–H groups in total. The van der Waals surface area contributed by atoms with E-state index in [-0.39, 0.29) is 0 Å². The molecule has 2 aromatic rings. The van der Waals surface area contributed by atoms with E-state index in [1.807, 2.05) is 14.1 Å². The van der Waals surface area contributed by atoms with E-state index < -0.39 is 5.60 Å². The second kappa shape index (κ2) is 6.03. The monoisotopic (exact) mass is 301 g/mol. The number of β-amino-alcohol motifs (C(OH)–C–C–N with tert-alkyl or cyclic N) is 1. The number of aliphatic hydroxyl groups is 1. The summed E-state index contributed by atoms with van der Waals surface area (Å²) in [5.41, 5.74) is 2.08. The number of benzene rings is 1. The number of rotatable bonds is 5. The van der Waals surface area contributed by atoms with Crippen molar-refractivity contribution in [3.63, 3.8) is 0 Å². The van der Waals surface area contributed by atoms with Crippen LogP contribution in [0.1, 0.15) is 18.9 Å². The summed E-state index contributed by atoms with van der Waals surface area (Å²) >= 11 is 0. The van der Waals surface area contributed by atoms with Gasteiger partial charge in [0, 0.05) is 44.4 Å². The Morgan fingerprint density at radius 1 is 1.27 bits per heavy atom. The van der Waals surface area contributed by atoms with Gasteiger partial charge in [0.2, 0.25) is 0 Å². The Hall–Kier alpha value is -1.36. The molecule has 4 heteroatoms. The van der Waals surface area contributed by atoms with Gasteiger partial charge in [-0.05, 0) is 50.5 Å². The van der Waals surface area contributed by atoms with E-state index in [4.69, 9.17) is 0 Å². The van der Waals surface area contributed by atoms with Gasteiger partial charge in [-0.2, -0.15) is 0 Å². The number of nitrogens with zero attached hydrogens (tertiary/aromatic N) is 3. The van der Waals surface area contributed by atoms with Gasteiger partial charge in [0.05, 0.1) is 5.60 Å². The molecule has 0 radical (unpaired) electrons. The lowest BCUT2D eigenvalue weighted by atomic mass is 10.0. The normalized spacial score (nSPS) is 23.0. The van der Waals surface area contributed by atoms with E-state index >= 15 is 0 Å². The first-order valence-electron chi connectivity index (χ1n) is 8.16. The Labute approximate surface area is 132 Å². The molecule has 1 aliphatic rings. The molecule has 1 aliphatic heterocycles. The summed E-state index contributed by atoms with van der Waals surface area (Å²) in [4.78, 5) is 4.44. The molecule has 0 spiro atoms. The maximum atomic E-state index is 10.6. The van der Waals surface area contributed by atoms with Crippen molar-refractivity contribution < 1.29 is 5.11 Å². The van der Waals surface area contributed by atoms with Crippen molar-refractivity contribution in [2.24, 2.45) is 0 Å². The van der Waals surface area contributed by atoms with Crippen molar-refractivity contribution in [2.45, 2.75) is 32.0 Å². The highest BCUT2D eigenvalue weighted by atomic mass is 16.3. The van der Waals surface area contributed by atoms with Crippen molar-refractivity contribution in [3.8, 4) is 0 Å². The first-order valence-corrected chi connectivity index (χ1v) is 8.16. The topological polar surface area (TPSA) is 31.6 Å². The van der Waals surface area contributed by atoms with E-state index in [2.05, 4.69) is 51.8 Å². The minimum atomic E-state index is -0.558. The summed E-state index contributed by atoms with van der Waals surface area (Å²) in [5, 5.41) is 11.9. The summed E-state index contributed by atoms with van der Waals surface area (Å²) in [6.45, 7) is 6.56. The molecule has 1 atom stereocenters. The van der Waals surface area contributed by atoms with Crippen LogP contribution in [0.3, 0.4) is 0 Å². The van der Waals surface area contributed by atoms with Crippen molar-refractivity contribution in [3.05, 3.63) is 36.0 Å². The lowest BCUT2D eigenvalue weighted by Gasteiger charge is -2.26. The molecule has 0 saturated carbocycles. The van der Waals surface area contributed by atoms with Crippen molar-refractivity contribution >= 4 is 10.9 Å². The molecule has 1 aromatic heterocycles. The molecule has 3 rings (SSSR count). The summed E-state index contributed by atoms with van der Waals surface area (Å²) < 4.78 is 2.28. The molecule has 4 nitrogen and oxygen atoms in total. The minimum absolute atomic E-state index is 0.558. The average molecular weight is 301 g/mol. The summed E-state index contributed by atoms with van der Waals surface area (Å²) in [5.74, 6) is 0. The Morgan fingerprint density at radius 3 is 2.82 bits per heavy atom. The van der Waals surface area contributed by atoms with Gasteiger partial charge in [-0.1, -0.05) is 12.1 Å². The van der Waals surface area contributed by atoms with Crippen LogP contribution in [0.25, 0.3) is 10.9 Å². The first-order chi connectivity index (χ1) is 10.5. The van der Waals surface area contributed by atoms with E-state index in [1.54, 1.807) is 0 Å². The van der Waals surface area contributed by atoms with Gasteiger partial charge in [0.25, 0.3) is 0 Å². The van der Waals surface area contributed by atoms with Crippen LogP contribution in [-0.4, -0.2) is 58.8 Å². The fourth-order valence-corrected chi connectivity index (χ4v) is 3.66. The van der Waals surface area contributed by atoms with Crippen molar-refractivity contribution in [1.82, 2.24) is 14.4 Å². The van der Waals surface area contributed by atoms with Crippen LogP contribution in [0.15, 0.2) is 30.5 Å². The molecule has 0 unspecified atom stereocenters. The van der Waals surface area contributed by atoms with Gasteiger partial charge >= 0.3 is 0 Å². The lowest BCUT2D eigenvalue weighted by Crippen LogP contribution is -2.42. The van der Waals surface area contributed by atoms with Gasteiger partial charge in [0.15, 0.2) is 0 Å². The predicted octanol–water partition coefficient (Wildman–Crippen LogP) is 2.16. The Kier molecular flexibility index (Phi) is 4.26. The van der Waals surface area contributed by atoms with E-state index in [0.29, 0.717) is 0 Å². The number of hydrogen-bond donors (Lipinski definition) is 1. The SMILES string of the molecule is CCn1ccc2ccc(CN3CC[C@@](O)(CN(C)C)C3)cc21. The van der Waals surface area contributed by atoms with Gasteiger partial charge in [0.1, 0.15) is 0 Å². The predicted molar refractivity (Wildman–Crippen MR) is 91.0 cm³/mol. The molecule has 1 fully saturated rings. The average Bonchev–Trinajstić information content (AvgIpc) is 3.01. The highest BCUT2D eigenvalue weighted by Gasteiger charge is 2.36. The molecular weight excluding hydrogens is 274 g/mol. The van der Waals surface area contributed by atoms with Gasteiger partial charge in [-0.15, -0.1) is 0 Å². The highest BCUT2D eigenvalue weighted by molar-refractivity contribution is 5.80. The fraction of sp³-hybridized carbons (Fsp3) is 0.556. The van der Waals surface area contributed by atoms with Crippen LogP contribution < -0.4 is 0 Å². The second-order valence-electron chi connectivity index (χ2n) is 6.92. The Balaban J connectivity index is 1.71. The smallest absolute Gasteiger partial charge is 0.0912 e. The van der Waals surface area contributed by atoms with Gasteiger partial charge in [-0.25, -0.2) is 0 Å². The van der Waals surface area contributed by atoms with Gasteiger partial charge < -0.3 is 14.6 Å². The molecule has 1 aromatic carbocycles. The summed E-state index contributed by atoms with van der Waals surface area (Å²) in [6.07, 6.45) is 3.01. The molecule has 0 aliphatic carbocycles. The largest absolute Gasteiger partial charge is 0.387 e. The number of likely N-dealkylation sites (N-methyl/N-ethyl adjacent to an activating group) is 1. The maximum Gasteiger partial charge on any atom is 0.0912 e. The third-order valence-corrected chi connectivity index (χ3v) is 4.61. The number of aryl methyl sites for hydroxylation is 1. The maximum absolute atomic E-state index is 10.6.